The standard InChI is InChI=1S/C18H19F3N6O/c1-11-9-15(18(19,20)21)26-27(11)8-6-13-10-16(28)25-17(24-13)23-12(2)14-5-3-4-7-22-14/h3-5,7,9-10,12H,6,8H2,1-2H3,(H2,23,24,25,28)/t12-/m0/s1. The summed E-state index contributed by atoms with van der Waals surface area (Å²) in [7, 11) is 0. The summed E-state index contributed by atoms with van der Waals surface area (Å²) in [6.07, 6.45) is -2.56. The van der Waals surface area contributed by atoms with Gasteiger partial charge in [-0.3, -0.25) is 19.4 Å². The summed E-state index contributed by atoms with van der Waals surface area (Å²) in [4.78, 5) is 23.1. The fraction of sp³-hybridized carbons (Fsp3) is 0.333. The lowest BCUT2D eigenvalue weighted by molar-refractivity contribution is -0.141. The molecule has 2 N–H and O–H groups in total. The van der Waals surface area contributed by atoms with E-state index in [9.17, 15) is 18.0 Å². The first kappa shape index (κ1) is 19.6. The van der Waals surface area contributed by atoms with Gasteiger partial charge in [0.25, 0.3) is 5.56 Å². The molecule has 1 atom stereocenters. The highest BCUT2D eigenvalue weighted by molar-refractivity contribution is 5.29. The molecule has 0 radical (unpaired) electrons. The van der Waals surface area contributed by atoms with Crippen molar-refractivity contribution in [3.05, 3.63) is 69.7 Å². The topological polar surface area (TPSA) is 88.5 Å². The second-order valence-electron chi connectivity index (χ2n) is 6.35. The summed E-state index contributed by atoms with van der Waals surface area (Å²) >= 11 is 0. The van der Waals surface area contributed by atoms with Crippen LogP contribution in [-0.2, 0) is 19.1 Å². The Morgan fingerprint density at radius 1 is 1.29 bits per heavy atom. The van der Waals surface area contributed by atoms with E-state index in [0.29, 0.717) is 11.4 Å². The van der Waals surface area contributed by atoms with Gasteiger partial charge in [-0.1, -0.05) is 6.07 Å². The van der Waals surface area contributed by atoms with Gasteiger partial charge in [0.15, 0.2) is 5.69 Å². The molecule has 148 valence electrons. The van der Waals surface area contributed by atoms with Crippen molar-refractivity contribution in [2.45, 2.75) is 39.0 Å². The molecule has 0 aliphatic carbocycles. The van der Waals surface area contributed by atoms with Crippen LogP contribution >= 0.6 is 0 Å². The number of nitrogens with one attached hydrogen (secondary N) is 2. The highest BCUT2D eigenvalue weighted by atomic mass is 19.4. The monoisotopic (exact) mass is 392 g/mol. The summed E-state index contributed by atoms with van der Waals surface area (Å²) in [5, 5.41) is 6.66. The van der Waals surface area contributed by atoms with Crippen molar-refractivity contribution in [1.29, 1.82) is 0 Å². The molecule has 7 nitrogen and oxygen atoms in total. The normalized spacial score (nSPS) is 12.8. The highest BCUT2D eigenvalue weighted by Crippen LogP contribution is 2.28. The summed E-state index contributed by atoms with van der Waals surface area (Å²) in [6.45, 7) is 3.60. The molecule has 0 saturated carbocycles. The van der Waals surface area contributed by atoms with E-state index in [1.165, 1.54) is 10.7 Å². The van der Waals surface area contributed by atoms with Crippen LogP contribution in [0.2, 0.25) is 0 Å². The molecule has 3 rings (SSSR count). The average Bonchev–Trinajstić information content (AvgIpc) is 3.01. The molecule has 0 aromatic carbocycles. The van der Waals surface area contributed by atoms with E-state index in [0.717, 1.165) is 11.8 Å². The van der Waals surface area contributed by atoms with E-state index in [-0.39, 0.29) is 30.5 Å². The number of aromatic nitrogens is 5. The number of nitrogens with zero attached hydrogens (tertiary/aromatic N) is 4. The molecule has 3 heterocycles. The zero-order valence-electron chi connectivity index (χ0n) is 15.3. The fourth-order valence-electron chi connectivity index (χ4n) is 2.71. The number of halogens is 3. The Labute approximate surface area is 158 Å². The molecule has 0 aliphatic rings. The first-order valence-electron chi connectivity index (χ1n) is 8.62. The zero-order chi connectivity index (χ0) is 20.3. The van der Waals surface area contributed by atoms with Gasteiger partial charge < -0.3 is 5.32 Å². The van der Waals surface area contributed by atoms with E-state index in [1.54, 1.807) is 19.2 Å². The zero-order valence-corrected chi connectivity index (χ0v) is 15.3. The van der Waals surface area contributed by atoms with Gasteiger partial charge in [0.2, 0.25) is 5.95 Å². The van der Waals surface area contributed by atoms with Crippen LogP contribution in [-0.4, -0.2) is 24.7 Å². The van der Waals surface area contributed by atoms with Crippen LogP contribution in [0, 0.1) is 6.92 Å². The molecule has 3 aromatic rings. The van der Waals surface area contributed by atoms with E-state index < -0.39 is 11.9 Å². The van der Waals surface area contributed by atoms with Crippen molar-refractivity contribution in [2.75, 3.05) is 5.32 Å². The number of H-pyrrole nitrogens is 1. The van der Waals surface area contributed by atoms with Crippen LogP contribution in [0.25, 0.3) is 0 Å². The summed E-state index contributed by atoms with van der Waals surface area (Å²) in [5.74, 6) is 0.272. The Morgan fingerprint density at radius 3 is 2.71 bits per heavy atom. The second-order valence-corrected chi connectivity index (χ2v) is 6.35. The predicted molar refractivity (Wildman–Crippen MR) is 96.8 cm³/mol. The Kier molecular flexibility index (Phi) is 5.48. The molecule has 0 aliphatic heterocycles. The molecule has 0 fully saturated rings. The third kappa shape index (κ3) is 4.76. The number of aryl methyl sites for hydroxylation is 3. The molecule has 28 heavy (non-hydrogen) atoms. The largest absolute Gasteiger partial charge is 0.435 e. The molecule has 0 amide bonds. The Bertz CT molecular complexity index is 997. The van der Waals surface area contributed by atoms with Crippen LogP contribution in [0.5, 0.6) is 0 Å². The second kappa shape index (κ2) is 7.83. The molecule has 0 bridgehead atoms. The van der Waals surface area contributed by atoms with Crippen LogP contribution in [0.4, 0.5) is 19.1 Å². The van der Waals surface area contributed by atoms with Gasteiger partial charge in [-0.05, 0) is 32.0 Å². The van der Waals surface area contributed by atoms with Crippen molar-refractivity contribution < 1.29 is 13.2 Å². The predicted octanol–water partition coefficient (Wildman–Crippen LogP) is 3.10. The van der Waals surface area contributed by atoms with Gasteiger partial charge in [-0.2, -0.15) is 18.3 Å². The van der Waals surface area contributed by atoms with Gasteiger partial charge in [0.05, 0.1) is 17.4 Å². The number of hydrogen-bond acceptors (Lipinski definition) is 5. The SMILES string of the molecule is Cc1cc(C(F)(F)F)nn1CCc1cc(=O)[nH]c(N[C@@H](C)c2ccccn2)n1. The molecule has 10 heteroatoms. The van der Waals surface area contributed by atoms with Crippen LogP contribution in [0.1, 0.15) is 35.7 Å². The minimum absolute atomic E-state index is 0.174. The Balaban J connectivity index is 1.72. The summed E-state index contributed by atoms with van der Waals surface area (Å²) in [5.41, 5.74) is 0.328. The van der Waals surface area contributed by atoms with Crippen LogP contribution < -0.4 is 10.9 Å². The number of alkyl halides is 3. The molecular weight excluding hydrogens is 373 g/mol. The lowest BCUT2D eigenvalue weighted by Crippen LogP contribution is -2.18. The van der Waals surface area contributed by atoms with E-state index in [1.807, 2.05) is 19.1 Å². The number of rotatable bonds is 6. The van der Waals surface area contributed by atoms with Gasteiger partial charge in [0, 0.05) is 30.9 Å². The maximum atomic E-state index is 12.8. The Morgan fingerprint density at radius 2 is 2.07 bits per heavy atom. The van der Waals surface area contributed by atoms with Crippen molar-refractivity contribution in [2.24, 2.45) is 0 Å². The summed E-state index contributed by atoms with van der Waals surface area (Å²) in [6, 6.07) is 7.63. The summed E-state index contributed by atoms with van der Waals surface area (Å²) < 4.78 is 39.6. The van der Waals surface area contributed by atoms with Gasteiger partial charge in [0.1, 0.15) is 0 Å². The Hall–Kier alpha value is -3.17. The third-order valence-corrected chi connectivity index (χ3v) is 4.13. The molecule has 0 saturated heterocycles. The van der Waals surface area contributed by atoms with Crippen molar-refractivity contribution >= 4 is 5.95 Å². The van der Waals surface area contributed by atoms with Gasteiger partial charge >= 0.3 is 6.18 Å². The van der Waals surface area contributed by atoms with Crippen LogP contribution in [0.3, 0.4) is 0 Å². The lowest BCUT2D eigenvalue weighted by atomic mass is 10.2. The quantitative estimate of drug-likeness (QED) is 0.673. The maximum Gasteiger partial charge on any atom is 0.435 e. The molecule has 3 aromatic heterocycles. The number of hydrogen-bond donors (Lipinski definition) is 2. The fourth-order valence-corrected chi connectivity index (χ4v) is 2.71. The van der Waals surface area contributed by atoms with Gasteiger partial charge in [-0.15, -0.1) is 0 Å². The minimum atomic E-state index is -4.49. The van der Waals surface area contributed by atoms with Gasteiger partial charge in [-0.25, -0.2) is 4.98 Å². The van der Waals surface area contributed by atoms with E-state index in [4.69, 9.17) is 0 Å². The van der Waals surface area contributed by atoms with Crippen molar-refractivity contribution in [1.82, 2.24) is 24.7 Å². The maximum absolute atomic E-state index is 12.8. The molecular formula is C18H19F3N6O. The van der Waals surface area contributed by atoms with Crippen LogP contribution in [0.15, 0.2) is 41.3 Å². The van der Waals surface area contributed by atoms with Crippen molar-refractivity contribution in [3.8, 4) is 0 Å². The highest BCUT2D eigenvalue weighted by Gasteiger charge is 2.34. The smallest absolute Gasteiger partial charge is 0.348 e. The van der Waals surface area contributed by atoms with E-state index >= 15 is 0 Å². The lowest BCUT2D eigenvalue weighted by Gasteiger charge is -2.14. The van der Waals surface area contributed by atoms with Crippen molar-refractivity contribution in [3.63, 3.8) is 0 Å². The third-order valence-electron chi connectivity index (χ3n) is 4.13. The first-order valence-corrected chi connectivity index (χ1v) is 8.62. The first-order chi connectivity index (χ1) is 13.2. The van der Waals surface area contributed by atoms with E-state index in [2.05, 4.69) is 25.4 Å². The average molecular weight is 392 g/mol. The molecule has 0 unspecified atom stereocenters. The number of anilines is 1. The number of pyridine rings is 1. The number of aromatic amines is 1. The molecule has 0 spiro atoms. The minimum Gasteiger partial charge on any atom is -0.348 e.